The van der Waals surface area contributed by atoms with E-state index in [9.17, 15) is 4.79 Å². The minimum Gasteiger partial charge on any atom is -0.450 e. The first-order valence-electron chi connectivity index (χ1n) is 5.73. The van der Waals surface area contributed by atoms with Gasteiger partial charge in [-0.2, -0.15) is 0 Å². The molecule has 0 saturated carbocycles. The zero-order valence-electron chi connectivity index (χ0n) is 10.2. The van der Waals surface area contributed by atoms with Crippen LogP contribution < -0.4 is 0 Å². The lowest BCUT2D eigenvalue weighted by Gasteiger charge is -2.46. The van der Waals surface area contributed by atoms with Crippen molar-refractivity contribution in [1.82, 2.24) is 9.80 Å². The second-order valence-electron chi connectivity index (χ2n) is 4.17. The summed E-state index contributed by atoms with van der Waals surface area (Å²) in [7, 11) is 1.82. The molecule has 0 aliphatic carbocycles. The van der Waals surface area contributed by atoms with Crippen LogP contribution in [0, 0.1) is 0 Å². The number of likely N-dealkylation sites (tertiary alicyclic amines) is 1. The Morgan fingerprint density at radius 1 is 1.53 bits per heavy atom. The van der Waals surface area contributed by atoms with E-state index in [1.54, 1.807) is 4.90 Å². The maximum atomic E-state index is 11.4. The van der Waals surface area contributed by atoms with E-state index < -0.39 is 0 Å². The molecule has 0 aromatic carbocycles. The number of amides is 1. The highest BCUT2D eigenvalue weighted by Crippen LogP contribution is 2.18. The number of ether oxygens (including phenoxy) is 1. The number of likely N-dealkylation sites (N-methyl/N-ethyl adjacent to an activating group) is 1. The van der Waals surface area contributed by atoms with Crippen LogP contribution in [-0.2, 0) is 4.74 Å². The molecule has 4 heteroatoms. The summed E-state index contributed by atoms with van der Waals surface area (Å²) in [6.07, 6.45) is 0.960. The molecule has 1 heterocycles. The van der Waals surface area contributed by atoms with E-state index in [1.807, 2.05) is 14.0 Å². The Labute approximate surface area is 92.2 Å². The van der Waals surface area contributed by atoms with Gasteiger partial charge in [-0.05, 0) is 20.3 Å². The van der Waals surface area contributed by atoms with Crippen molar-refractivity contribution in [2.45, 2.75) is 39.3 Å². The number of rotatable bonds is 4. The van der Waals surface area contributed by atoms with Crippen molar-refractivity contribution >= 4 is 6.09 Å². The van der Waals surface area contributed by atoms with Crippen molar-refractivity contribution in [2.75, 3.05) is 26.7 Å². The summed E-state index contributed by atoms with van der Waals surface area (Å²) in [5.74, 6) is 0. The largest absolute Gasteiger partial charge is 0.450 e. The first-order valence-corrected chi connectivity index (χ1v) is 5.73. The van der Waals surface area contributed by atoms with Crippen molar-refractivity contribution in [3.8, 4) is 0 Å². The fourth-order valence-corrected chi connectivity index (χ4v) is 1.73. The van der Waals surface area contributed by atoms with Gasteiger partial charge in [-0.1, -0.05) is 6.92 Å². The first-order chi connectivity index (χ1) is 7.10. The van der Waals surface area contributed by atoms with Crippen molar-refractivity contribution < 1.29 is 9.53 Å². The fourth-order valence-electron chi connectivity index (χ4n) is 1.73. The molecule has 1 aliphatic heterocycles. The van der Waals surface area contributed by atoms with Crippen LogP contribution in [0.15, 0.2) is 0 Å². The molecule has 0 aromatic rings. The summed E-state index contributed by atoms with van der Waals surface area (Å²) in [5, 5.41) is 0. The molecule has 0 bridgehead atoms. The van der Waals surface area contributed by atoms with Crippen LogP contribution in [0.3, 0.4) is 0 Å². The quantitative estimate of drug-likeness (QED) is 0.712. The molecule has 1 aliphatic rings. The fraction of sp³-hybridized carbons (Fsp3) is 0.909. The second kappa shape index (κ2) is 5.35. The summed E-state index contributed by atoms with van der Waals surface area (Å²) in [6.45, 7) is 8.64. The minimum absolute atomic E-state index is 0.202. The van der Waals surface area contributed by atoms with E-state index in [1.165, 1.54) is 0 Å². The molecule has 15 heavy (non-hydrogen) atoms. The molecule has 0 radical (unpaired) electrons. The third-order valence-corrected chi connectivity index (χ3v) is 3.21. The predicted octanol–water partition coefficient (Wildman–Crippen LogP) is 1.56. The summed E-state index contributed by atoms with van der Waals surface area (Å²) >= 11 is 0. The lowest BCUT2D eigenvalue weighted by atomic mass is 10.0. The number of carbonyl (C=O) groups is 1. The zero-order chi connectivity index (χ0) is 11.4. The average Bonchev–Trinajstić information content (AvgIpc) is 2.15. The SMILES string of the molecule is CCOC(=O)N(C)C1CN(C(C)CC)C1. The van der Waals surface area contributed by atoms with Crippen LogP contribution in [0.25, 0.3) is 0 Å². The monoisotopic (exact) mass is 214 g/mol. The highest BCUT2D eigenvalue weighted by molar-refractivity contribution is 5.67. The molecule has 1 atom stereocenters. The Hall–Kier alpha value is -0.770. The molecule has 1 fully saturated rings. The number of carbonyl (C=O) groups excluding carboxylic acids is 1. The predicted molar refractivity (Wildman–Crippen MR) is 59.9 cm³/mol. The van der Waals surface area contributed by atoms with Gasteiger partial charge in [0.1, 0.15) is 0 Å². The lowest BCUT2D eigenvalue weighted by molar-refractivity contribution is 0.0156. The molecule has 1 rings (SSSR count). The van der Waals surface area contributed by atoms with Crippen molar-refractivity contribution in [3.05, 3.63) is 0 Å². The third kappa shape index (κ3) is 2.84. The topological polar surface area (TPSA) is 32.8 Å². The van der Waals surface area contributed by atoms with Crippen LogP contribution >= 0.6 is 0 Å². The molecular formula is C11H22N2O2. The standard InChI is InChI=1S/C11H22N2O2/c1-5-9(3)13-7-10(8-13)12(4)11(14)15-6-2/h9-10H,5-8H2,1-4H3. The Balaban J connectivity index is 2.28. The van der Waals surface area contributed by atoms with Gasteiger partial charge < -0.3 is 9.64 Å². The number of hydrogen-bond donors (Lipinski definition) is 0. The Kier molecular flexibility index (Phi) is 4.39. The molecule has 0 spiro atoms. The van der Waals surface area contributed by atoms with Crippen LogP contribution in [0.1, 0.15) is 27.2 Å². The highest BCUT2D eigenvalue weighted by Gasteiger charge is 2.34. The van der Waals surface area contributed by atoms with Crippen molar-refractivity contribution in [2.24, 2.45) is 0 Å². The van der Waals surface area contributed by atoms with Crippen LogP contribution in [0.4, 0.5) is 4.79 Å². The van der Waals surface area contributed by atoms with E-state index in [-0.39, 0.29) is 6.09 Å². The van der Waals surface area contributed by atoms with E-state index in [0.29, 0.717) is 18.7 Å². The minimum atomic E-state index is -0.202. The van der Waals surface area contributed by atoms with E-state index in [2.05, 4.69) is 18.7 Å². The molecule has 1 unspecified atom stereocenters. The van der Waals surface area contributed by atoms with E-state index >= 15 is 0 Å². The maximum absolute atomic E-state index is 11.4. The molecular weight excluding hydrogens is 192 g/mol. The first kappa shape index (κ1) is 12.3. The van der Waals surface area contributed by atoms with E-state index in [0.717, 1.165) is 19.5 Å². The Morgan fingerprint density at radius 2 is 2.13 bits per heavy atom. The van der Waals surface area contributed by atoms with Gasteiger partial charge in [0, 0.05) is 26.2 Å². The van der Waals surface area contributed by atoms with Crippen molar-refractivity contribution in [1.29, 1.82) is 0 Å². The van der Waals surface area contributed by atoms with Gasteiger partial charge in [0.15, 0.2) is 0 Å². The average molecular weight is 214 g/mol. The smallest absolute Gasteiger partial charge is 0.409 e. The highest BCUT2D eigenvalue weighted by atomic mass is 16.6. The summed E-state index contributed by atoms with van der Waals surface area (Å²) in [6, 6.07) is 0.954. The number of nitrogens with zero attached hydrogens (tertiary/aromatic N) is 2. The zero-order valence-corrected chi connectivity index (χ0v) is 10.2. The van der Waals surface area contributed by atoms with Gasteiger partial charge in [-0.15, -0.1) is 0 Å². The third-order valence-electron chi connectivity index (χ3n) is 3.21. The van der Waals surface area contributed by atoms with Gasteiger partial charge in [-0.25, -0.2) is 4.79 Å². The molecule has 4 nitrogen and oxygen atoms in total. The maximum Gasteiger partial charge on any atom is 0.409 e. The van der Waals surface area contributed by atoms with Gasteiger partial charge in [0.2, 0.25) is 0 Å². The lowest BCUT2D eigenvalue weighted by Crippen LogP contribution is -2.61. The van der Waals surface area contributed by atoms with Gasteiger partial charge in [0.05, 0.1) is 12.6 Å². The van der Waals surface area contributed by atoms with Crippen molar-refractivity contribution in [3.63, 3.8) is 0 Å². The van der Waals surface area contributed by atoms with Gasteiger partial charge >= 0.3 is 6.09 Å². The molecule has 1 saturated heterocycles. The van der Waals surface area contributed by atoms with Crippen LogP contribution in [-0.4, -0.2) is 54.7 Å². The summed E-state index contributed by atoms with van der Waals surface area (Å²) < 4.78 is 4.95. The molecule has 0 N–H and O–H groups in total. The van der Waals surface area contributed by atoms with Gasteiger partial charge in [0.25, 0.3) is 0 Å². The summed E-state index contributed by atoms with van der Waals surface area (Å²) in [4.78, 5) is 15.5. The van der Waals surface area contributed by atoms with Gasteiger partial charge in [-0.3, -0.25) is 4.90 Å². The molecule has 1 amide bonds. The van der Waals surface area contributed by atoms with Crippen LogP contribution in [0.2, 0.25) is 0 Å². The molecule has 88 valence electrons. The Morgan fingerprint density at radius 3 is 2.60 bits per heavy atom. The number of hydrogen-bond acceptors (Lipinski definition) is 3. The van der Waals surface area contributed by atoms with Crippen LogP contribution in [0.5, 0.6) is 0 Å². The van der Waals surface area contributed by atoms with E-state index in [4.69, 9.17) is 4.74 Å². The Bertz CT molecular complexity index is 215. The normalized spacial score (nSPS) is 19.5. The summed E-state index contributed by atoms with van der Waals surface area (Å²) in [5.41, 5.74) is 0. The molecule has 0 aromatic heterocycles. The second-order valence-corrected chi connectivity index (χ2v) is 4.17.